The second-order valence-corrected chi connectivity index (χ2v) is 7.04. The van der Waals surface area contributed by atoms with Crippen LogP contribution in [-0.2, 0) is 9.59 Å². The zero-order chi connectivity index (χ0) is 22.3. The molecule has 2 N–H and O–H groups in total. The lowest BCUT2D eigenvalue weighted by Gasteiger charge is -2.01. The first-order valence-corrected chi connectivity index (χ1v) is 10.1. The molecule has 2 aromatic carbocycles. The average molecular weight is 417 g/mol. The van der Waals surface area contributed by atoms with Crippen LogP contribution in [0.3, 0.4) is 0 Å². The first-order valence-electron chi connectivity index (χ1n) is 10.1. The minimum Gasteiger partial charge on any atom is -0.273 e. The van der Waals surface area contributed by atoms with Crippen LogP contribution in [0.25, 0.3) is 12.2 Å². The van der Waals surface area contributed by atoms with Crippen molar-refractivity contribution in [1.82, 2.24) is 10.9 Å². The van der Waals surface area contributed by atoms with Gasteiger partial charge in [-0.25, -0.2) is 10.9 Å². The summed E-state index contributed by atoms with van der Waals surface area (Å²) >= 11 is 0. The molecule has 0 saturated heterocycles. The summed E-state index contributed by atoms with van der Waals surface area (Å²) in [7, 11) is 0. The molecule has 0 aromatic heterocycles. The van der Waals surface area contributed by atoms with Crippen LogP contribution in [0.2, 0.25) is 0 Å². The van der Waals surface area contributed by atoms with E-state index < -0.39 is 0 Å². The van der Waals surface area contributed by atoms with Crippen molar-refractivity contribution in [3.05, 3.63) is 82.9 Å². The van der Waals surface area contributed by atoms with Gasteiger partial charge in [0.25, 0.3) is 0 Å². The molecular formula is C25H28N4O2. The summed E-state index contributed by atoms with van der Waals surface area (Å²) in [6, 6.07) is 19.7. The fourth-order valence-electron chi connectivity index (χ4n) is 2.63. The van der Waals surface area contributed by atoms with Gasteiger partial charge >= 0.3 is 0 Å². The molecule has 0 radical (unpaired) electrons. The van der Waals surface area contributed by atoms with Crippen molar-refractivity contribution in [2.24, 2.45) is 10.2 Å². The summed E-state index contributed by atoms with van der Waals surface area (Å²) in [4.78, 5) is 23.7. The van der Waals surface area contributed by atoms with Gasteiger partial charge in [-0.2, -0.15) is 10.2 Å². The van der Waals surface area contributed by atoms with Gasteiger partial charge in [0, 0.05) is 12.8 Å². The number of rotatable bonds is 10. The third kappa shape index (κ3) is 10.5. The molecule has 6 heteroatoms. The van der Waals surface area contributed by atoms with Gasteiger partial charge in [0.15, 0.2) is 0 Å². The number of carbonyl (C=O) groups excluding carboxylic acids is 2. The Kier molecular flexibility index (Phi) is 10.2. The van der Waals surface area contributed by atoms with Gasteiger partial charge in [-0.1, -0.05) is 72.8 Å². The van der Waals surface area contributed by atoms with Crippen LogP contribution in [0, 0.1) is 0 Å². The van der Waals surface area contributed by atoms with Crippen LogP contribution in [0.5, 0.6) is 0 Å². The number of nitrogens with zero attached hydrogens (tertiary/aromatic N) is 2. The van der Waals surface area contributed by atoms with Gasteiger partial charge in [0.05, 0.1) is 12.4 Å². The Hall–Kier alpha value is -3.80. The largest absolute Gasteiger partial charge is 0.273 e. The maximum absolute atomic E-state index is 11.8. The lowest BCUT2D eigenvalue weighted by Crippen LogP contribution is -2.20. The van der Waals surface area contributed by atoms with Crippen molar-refractivity contribution >= 4 is 36.4 Å². The maximum atomic E-state index is 11.8. The molecule has 0 saturated carbocycles. The van der Waals surface area contributed by atoms with E-state index in [2.05, 4.69) is 21.1 Å². The van der Waals surface area contributed by atoms with Gasteiger partial charge in [0.2, 0.25) is 11.8 Å². The predicted octanol–water partition coefficient (Wildman–Crippen LogP) is 4.57. The van der Waals surface area contributed by atoms with Crippen molar-refractivity contribution in [2.45, 2.75) is 33.1 Å². The summed E-state index contributed by atoms with van der Waals surface area (Å²) in [5.41, 5.74) is 8.92. The minimum atomic E-state index is -0.235. The highest BCUT2D eigenvalue weighted by Gasteiger charge is 2.03. The molecule has 160 valence electrons. The van der Waals surface area contributed by atoms with E-state index >= 15 is 0 Å². The molecule has 2 amide bonds. The Bertz CT molecular complexity index is 882. The monoisotopic (exact) mass is 416 g/mol. The highest BCUT2D eigenvalue weighted by atomic mass is 16.2. The molecule has 0 aliphatic heterocycles. The molecule has 0 atom stereocenters. The van der Waals surface area contributed by atoms with Gasteiger partial charge in [0.1, 0.15) is 0 Å². The van der Waals surface area contributed by atoms with E-state index in [1.807, 2.05) is 86.7 Å². The fourth-order valence-corrected chi connectivity index (χ4v) is 2.63. The standard InChI is InChI=1S/C25H28N4O2/c1-20(16-22-10-5-3-6-11-22)18-26-28-24(30)14-9-15-25(31)29-27-19-21(2)17-23-12-7-4-8-13-23/h3-8,10-13,16-19H,9,14-15H2,1-2H3,(H,28,30)(H,29,31). The third-order valence-corrected chi connectivity index (χ3v) is 4.11. The molecular weight excluding hydrogens is 388 g/mol. The number of benzene rings is 2. The van der Waals surface area contributed by atoms with E-state index in [1.54, 1.807) is 12.4 Å². The molecule has 2 rings (SSSR count). The molecule has 0 aliphatic rings. The number of hydrazone groups is 2. The molecule has 0 fully saturated rings. The Morgan fingerprint density at radius 2 is 1.10 bits per heavy atom. The van der Waals surface area contributed by atoms with E-state index in [1.165, 1.54) is 0 Å². The molecule has 0 aliphatic carbocycles. The summed E-state index contributed by atoms with van der Waals surface area (Å²) in [5.74, 6) is -0.469. The van der Waals surface area contributed by atoms with E-state index in [0.29, 0.717) is 6.42 Å². The van der Waals surface area contributed by atoms with Crippen LogP contribution in [0.4, 0.5) is 0 Å². The highest BCUT2D eigenvalue weighted by Crippen LogP contribution is 2.05. The normalized spacial score (nSPS) is 12.3. The zero-order valence-electron chi connectivity index (χ0n) is 17.9. The Morgan fingerprint density at radius 3 is 1.48 bits per heavy atom. The molecule has 0 heterocycles. The topological polar surface area (TPSA) is 82.9 Å². The lowest BCUT2D eigenvalue weighted by atomic mass is 10.1. The predicted molar refractivity (Wildman–Crippen MR) is 127 cm³/mol. The van der Waals surface area contributed by atoms with E-state index in [-0.39, 0.29) is 24.7 Å². The van der Waals surface area contributed by atoms with Gasteiger partial charge in [-0.05, 0) is 42.5 Å². The third-order valence-electron chi connectivity index (χ3n) is 4.11. The van der Waals surface area contributed by atoms with Crippen molar-refractivity contribution in [3.63, 3.8) is 0 Å². The van der Waals surface area contributed by atoms with Crippen molar-refractivity contribution in [2.75, 3.05) is 0 Å². The quantitative estimate of drug-likeness (QED) is 0.439. The maximum Gasteiger partial charge on any atom is 0.240 e. The SMILES string of the molecule is CC(C=NNC(=O)CCCC(=O)NN=CC(C)=Cc1ccccc1)=Cc1ccccc1. The first-order chi connectivity index (χ1) is 15.0. The second-order valence-electron chi connectivity index (χ2n) is 7.04. The lowest BCUT2D eigenvalue weighted by molar-refractivity contribution is -0.122. The van der Waals surface area contributed by atoms with Crippen LogP contribution in [0.15, 0.2) is 82.0 Å². The van der Waals surface area contributed by atoms with E-state index in [4.69, 9.17) is 0 Å². The van der Waals surface area contributed by atoms with E-state index in [9.17, 15) is 9.59 Å². The smallest absolute Gasteiger partial charge is 0.240 e. The first kappa shape index (κ1) is 23.5. The summed E-state index contributed by atoms with van der Waals surface area (Å²) in [5, 5.41) is 7.89. The molecule has 2 aromatic rings. The van der Waals surface area contributed by atoms with Gasteiger partial charge in [-0.3, -0.25) is 9.59 Å². The summed E-state index contributed by atoms with van der Waals surface area (Å²) < 4.78 is 0. The summed E-state index contributed by atoms with van der Waals surface area (Å²) in [6.45, 7) is 3.81. The van der Waals surface area contributed by atoms with Crippen LogP contribution in [-0.4, -0.2) is 24.2 Å². The van der Waals surface area contributed by atoms with Crippen LogP contribution in [0.1, 0.15) is 44.2 Å². The van der Waals surface area contributed by atoms with Crippen LogP contribution < -0.4 is 10.9 Å². The van der Waals surface area contributed by atoms with Crippen molar-refractivity contribution in [1.29, 1.82) is 0 Å². The van der Waals surface area contributed by atoms with Crippen molar-refractivity contribution < 1.29 is 9.59 Å². The number of hydrogen-bond donors (Lipinski definition) is 2. The fraction of sp³-hybridized carbons (Fsp3) is 0.200. The molecule has 6 nitrogen and oxygen atoms in total. The Morgan fingerprint density at radius 1 is 0.710 bits per heavy atom. The number of allylic oxidation sites excluding steroid dienone is 2. The second kappa shape index (κ2) is 13.4. The Balaban J connectivity index is 1.63. The van der Waals surface area contributed by atoms with E-state index in [0.717, 1.165) is 22.3 Å². The van der Waals surface area contributed by atoms with Gasteiger partial charge in [-0.15, -0.1) is 0 Å². The Labute approximate surface area is 183 Å². The molecule has 31 heavy (non-hydrogen) atoms. The van der Waals surface area contributed by atoms with Crippen LogP contribution >= 0.6 is 0 Å². The summed E-state index contributed by atoms with van der Waals surface area (Å²) in [6.07, 6.45) is 7.97. The number of nitrogens with one attached hydrogen (secondary N) is 2. The highest BCUT2D eigenvalue weighted by molar-refractivity contribution is 5.87. The number of amides is 2. The van der Waals surface area contributed by atoms with Gasteiger partial charge < -0.3 is 0 Å². The number of carbonyl (C=O) groups is 2. The number of hydrogen-bond acceptors (Lipinski definition) is 4. The molecule has 0 unspecified atom stereocenters. The average Bonchev–Trinajstić information content (AvgIpc) is 2.75. The minimum absolute atomic E-state index is 0.211. The molecule has 0 bridgehead atoms. The molecule has 0 spiro atoms. The zero-order valence-corrected chi connectivity index (χ0v) is 17.9. The van der Waals surface area contributed by atoms with Crippen molar-refractivity contribution in [3.8, 4) is 0 Å².